The van der Waals surface area contributed by atoms with E-state index in [-0.39, 0.29) is 5.41 Å². The number of benzene rings is 10. The number of furan rings is 2. The van der Waals surface area contributed by atoms with Crippen LogP contribution < -0.4 is 20.2 Å². The van der Waals surface area contributed by atoms with Gasteiger partial charge in [-0.1, -0.05) is 154 Å². The van der Waals surface area contributed by atoms with E-state index in [9.17, 15) is 0 Å². The summed E-state index contributed by atoms with van der Waals surface area (Å²) in [6, 6.07) is 70.0. The molecule has 0 atom stereocenters. The van der Waals surface area contributed by atoms with E-state index in [1.54, 1.807) is 0 Å². The van der Waals surface area contributed by atoms with E-state index >= 15 is 0 Å². The Balaban J connectivity index is 0.985. The van der Waals surface area contributed by atoms with E-state index in [0.717, 1.165) is 78.0 Å². The molecule has 10 aromatic carbocycles. The van der Waals surface area contributed by atoms with Gasteiger partial charge in [0.05, 0.1) is 16.1 Å². The van der Waals surface area contributed by atoms with Crippen molar-refractivity contribution in [3.05, 3.63) is 205 Å². The van der Waals surface area contributed by atoms with Crippen LogP contribution in [0.3, 0.4) is 0 Å². The summed E-state index contributed by atoms with van der Waals surface area (Å²) < 4.78 is 12.7. The van der Waals surface area contributed by atoms with Crippen LogP contribution in [-0.2, 0) is 5.41 Å². The standard InChI is InChI=1S/C66H58N2O2Si2/c1-41-50-33-25-44(67(42-21-29-48(30-22-42)71(4,5)6)45-27-35-62-56(38-45)51-15-10-12-19-60(51)69-62)37-55(50)53-17-14-18-58-65(53)64(41)54-34-26-47(40-59(54)66(58,2)3)68(43-23-31-49(32-24-43)72(7,8)9)46-28-36-63-57(39-46)52-16-11-13-20-61(52)70-63/h10-40H,1-9H3. The first-order valence-corrected chi connectivity index (χ1v) is 32.4. The Kier molecular flexibility index (Phi) is 9.80. The molecule has 1 aliphatic rings. The van der Waals surface area contributed by atoms with Crippen molar-refractivity contribution in [2.75, 3.05) is 9.80 Å². The van der Waals surface area contributed by atoms with Gasteiger partial charge in [0, 0.05) is 61.1 Å². The number of hydrogen-bond acceptors (Lipinski definition) is 4. The summed E-state index contributed by atoms with van der Waals surface area (Å²) in [5.74, 6) is 0. The molecule has 0 fully saturated rings. The van der Waals surface area contributed by atoms with Crippen LogP contribution in [0.1, 0.15) is 30.5 Å². The highest BCUT2D eigenvalue weighted by Gasteiger charge is 2.36. The Morgan fingerprint density at radius 1 is 0.361 bits per heavy atom. The van der Waals surface area contributed by atoms with Gasteiger partial charge in [0.1, 0.15) is 22.3 Å². The van der Waals surface area contributed by atoms with E-state index in [1.165, 1.54) is 59.7 Å². The lowest BCUT2D eigenvalue weighted by Crippen LogP contribution is -2.37. The average molecular weight is 967 g/mol. The Bertz CT molecular complexity index is 4170. The molecule has 0 spiro atoms. The number of para-hydroxylation sites is 2. The van der Waals surface area contributed by atoms with Gasteiger partial charge in [-0.15, -0.1) is 0 Å². The van der Waals surface area contributed by atoms with Crippen LogP contribution in [0.5, 0.6) is 0 Å². The molecule has 72 heavy (non-hydrogen) atoms. The third kappa shape index (κ3) is 6.91. The van der Waals surface area contributed by atoms with Crippen molar-refractivity contribution in [1.82, 2.24) is 0 Å². The minimum atomic E-state index is -1.53. The summed E-state index contributed by atoms with van der Waals surface area (Å²) in [6.45, 7) is 21.7. The van der Waals surface area contributed by atoms with Crippen molar-refractivity contribution in [2.45, 2.75) is 65.5 Å². The molecule has 6 heteroatoms. The maximum atomic E-state index is 6.33. The first-order chi connectivity index (χ1) is 34.6. The number of anilines is 6. The zero-order valence-electron chi connectivity index (χ0n) is 42.6. The Morgan fingerprint density at radius 2 is 0.792 bits per heavy atom. The van der Waals surface area contributed by atoms with Gasteiger partial charge in [-0.25, -0.2) is 0 Å². The van der Waals surface area contributed by atoms with Gasteiger partial charge in [0.25, 0.3) is 0 Å². The normalized spacial score (nSPS) is 13.5. The quantitative estimate of drug-likeness (QED) is 0.112. The molecule has 12 aromatic rings. The molecule has 0 saturated carbocycles. The second-order valence-electron chi connectivity index (χ2n) is 22.6. The molecular weight excluding hydrogens is 909 g/mol. The minimum Gasteiger partial charge on any atom is -0.456 e. The lowest BCUT2D eigenvalue weighted by atomic mass is 9.67. The van der Waals surface area contributed by atoms with Gasteiger partial charge in [0.15, 0.2) is 0 Å². The fourth-order valence-electron chi connectivity index (χ4n) is 11.8. The van der Waals surface area contributed by atoms with Crippen LogP contribution in [0, 0.1) is 6.92 Å². The van der Waals surface area contributed by atoms with Crippen molar-refractivity contribution in [3.8, 4) is 11.1 Å². The molecule has 352 valence electrons. The SMILES string of the molecule is Cc1c2c3c(cccc3c3cc(N(c4ccc([Si](C)(C)C)cc4)c4ccc5oc6ccccc6c5c4)ccc13)C(C)(C)c1cc(N(c3ccc([Si](C)(C)C)cc3)c3ccc4oc5ccccc5c4c3)ccc1-2. The predicted octanol–water partition coefficient (Wildman–Crippen LogP) is 18.4. The molecule has 0 radical (unpaired) electrons. The van der Waals surface area contributed by atoms with E-state index in [2.05, 4.69) is 246 Å². The van der Waals surface area contributed by atoms with E-state index in [0.29, 0.717) is 0 Å². The second-order valence-corrected chi connectivity index (χ2v) is 32.8. The van der Waals surface area contributed by atoms with Crippen LogP contribution in [0.15, 0.2) is 197 Å². The van der Waals surface area contributed by atoms with E-state index in [4.69, 9.17) is 8.83 Å². The molecule has 0 N–H and O–H groups in total. The van der Waals surface area contributed by atoms with Crippen LogP contribution in [0.4, 0.5) is 34.1 Å². The highest BCUT2D eigenvalue weighted by molar-refractivity contribution is 6.89. The predicted molar refractivity (Wildman–Crippen MR) is 314 cm³/mol. The molecule has 0 aliphatic heterocycles. The van der Waals surface area contributed by atoms with Crippen molar-refractivity contribution < 1.29 is 8.83 Å². The van der Waals surface area contributed by atoms with Gasteiger partial charge in [-0.3, -0.25) is 0 Å². The zero-order chi connectivity index (χ0) is 49.4. The van der Waals surface area contributed by atoms with Gasteiger partial charge in [0.2, 0.25) is 0 Å². The van der Waals surface area contributed by atoms with E-state index in [1.807, 2.05) is 12.1 Å². The summed E-state index contributed by atoms with van der Waals surface area (Å²) in [6.07, 6.45) is 0. The average Bonchev–Trinajstić information content (AvgIpc) is 3.94. The topological polar surface area (TPSA) is 32.8 Å². The smallest absolute Gasteiger partial charge is 0.135 e. The Morgan fingerprint density at radius 3 is 1.32 bits per heavy atom. The molecule has 0 bridgehead atoms. The lowest BCUT2D eigenvalue weighted by molar-refractivity contribution is 0.645. The minimum absolute atomic E-state index is 0.305. The second kappa shape index (κ2) is 15.9. The van der Waals surface area contributed by atoms with Crippen molar-refractivity contribution >= 4 is 126 Å². The van der Waals surface area contributed by atoms with Crippen LogP contribution >= 0.6 is 0 Å². The van der Waals surface area contributed by atoms with Crippen LogP contribution in [0.2, 0.25) is 39.3 Å². The van der Waals surface area contributed by atoms with Gasteiger partial charge >= 0.3 is 0 Å². The molecular formula is C66H58N2O2Si2. The molecule has 2 aromatic heterocycles. The fraction of sp³-hybridized carbons (Fsp3) is 0.152. The maximum Gasteiger partial charge on any atom is 0.135 e. The summed E-state index contributed by atoms with van der Waals surface area (Å²) in [5, 5.41) is 12.5. The molecule has 0 unspecified atom stereocenters. The molecule has 0 amide bonds. The van der Waals surface area contributed by atoms with Crippen LogP contribution in [-0.4, -0.2) is 16.1 Å². The van der Waals surface area contributed by atoms with Crippen molar-refractivity contribution in [2.24, 2.45) is 0 Å². The Hall–Kier alpha value is -7.65. The van der Waals surface area contributed by atoms with Gasteiger partial charge in [-0.05, 0) is 153 Å². The first-order valence-electron chi connectivity index (χ1n) is 25.4. The van der Waals surface area contributed by atoms with Crippen molar-refractivity contribution in [3.63, 3.8) is 0 Å². The highest BCUT2D eigenvalue weighted by Crippen LogP contribution is 2.54. The molecule has 13 rings (SSSR count). The number of aryl methyl sites for hydroxylation is 1. The number of nitrogens with zero attached hydrogens (tertiary/aromatic N) is 2. The van der Waals surface area contributed by atoms with Gasteiger partial charge < -0.3 is 18.6 Å². The molecule has 4 nitrogen and oxygen atoms in total. The first kappa shape index (κ1) is 44.3. The summed E-state index contributed by atoms with van der Waals surface area (Å²) >= 11 is 0. The number of hydrogen-bond donors (Lipinski definition) is 0. The summed E-state index contributed by atoms with van der Waals surface area (Å²) in [5.41, 5.74) is 16.6. The molecule has 1 aliphatic carbocycles. The Labute approximate surface area is 423 Å². The molecule has 2 heterocycles. The van der Waals surface area contributed by atoms with Crippen molar-refractivity contribution in [1.29, 1.82) is 0 Å². The number of rotatable bonds is 8. The van der Waals surface area contributed by atoms with E-state index < -0.39 is 16.1 Å². The van der Waals surface area contributed by atoms with Crippen LogP contribution in [0.25, 0.3) is 76.5 Å². The van der Waals surface area contributed by atoms with Gasteiger partial charge in [-0.2, -0.15) is 0 Å². The largest absolute Gasteiger partial charge is 0.456 e. The lowest BCUT2D eigenvalue weighted by Gasteiger charge is -2.38. The zero-order valence-corrected chi connectivity index (χ0v) is 44.6. The highest BCUT2D eigenvalue weighted by atomic mass is 28.3. The summed E-state index contributed by atoms with van der Waals surface area (Å²) in [4.78, 5) is 4.87. The maximum absolute atomic E-state index is 6.33. The third-order valence-electron chi connectivity index (χ3n) is 15.7. The summed E-state index contributed by atoms with van der Waals surface area (Å²) in [7, 11) is -3.05. The number of fused-ring (bicyclic) bond motifs is 10. The third-order valence-corrected chi connectivity index (χ3v) is 19.9. The fourth-order valence-corrected chi connectivity index (χ4v) is 14.2. The molecule has 0 saturated heterocycles. The monoisotopic (exact) mass is 966 g/mol.